The summed E-state index contributed by atoms with van der Waals surface area (Å²) < 4.78 is 17.1. The number of allylic oxidation sites excluding steroid dienone is 12. The Morgan fingerprint density at radius 2 is 1.04 bits per heavy atom. The molecule has 0 N–H and O–H groups in total. The minimum absolute atomic E-state index is 0.0250. The lowest BCUT2D eigenvalue weighted by Gasteiger charge is -2.34. The van der Waals surface area contributed by atoms with Crippen LogP contribution in [0.1, 0.15) is 149 Å². The van der Waals surface area contributed by atoms with E-state index in [2.05, 4.69) is 50.3 Å². The van der Waals surface area contributed by atoms with Crippen LogP contribution in [0.4, 0.5) is 0 Å². The molecular formula is C46H77NO7. The van der Waals surface area contributed by atoms with Crippen molar-refractivity contribution in [3.63, 3.8) is 0 Å². The molecule has 0 radical (unpaired) electrons. The Labute approximate surface area is 330 Å². The molecule has 0 saturated heterocycles. The standard InChI is InChI=1S/C46H77NO7/c1-6-8-10-12-14-16-18-20-21-22-23-24-25-27-28-30-32-34-36-44(48)53-41-42(40-52-39-38-43(46(50)51)47(3,4)5)54-45(49)37-35-33-31-29-26-19-17-15-13-11-9-7-2/h10,12,14-18,20-24,42-43H,6-9,11,13,19,25-41H2,1-5H3/b12-10+,16-14+,17-15+,20-18+,22-21+,24-23+. The van der Waals surface area contributed by atoms with Gasteiger partial charge in [-0.25, -0.2) is 0 Å². The zero-order valence-corrected chi connectivity index (χ0v) is 34.9. The number of aliphatic carboxylic acids is 1. The maximum Gasteiger partial charge on any atom is 0.306 e. The third kappa shape index (κ3) is 34.5. The van der Waals surface area contributed by atoms with E-state index in [4.69, 9.17) is 14.2 Å². The van der Waals surface area contributed by atoms with E-state index in [9.17, 15) is 19.5 Å². The summed E-state index contributed by atoms with van der Waals surface area (Å²) in [5.41, 5.74) is 0. The van der Waals surface area contributed by atoms with Crippen LogP contribution in [0.25, 0.3) is 0 Å². The third-order valence-electron chi connectivity index (χ3n) is 8.92. The molecule has 0 aromatic carbocycles. The number of ether oxygens (including phenoxy) is 3. The highest BCUT2D eigenvalue weighted by molar-refractivity contribution is 5.70. The first-order valence-corrected chi connectivity index (χ1v) is 21.0. The van der Waals surface area contributed by atoms with E-state index >= 15 is 0 Å². The zero-order chi connectivity index (χ0) is 40.0. The minimum atomic E-state index is -1.13. The number of carboxylic acid groups (broad SMARTS) is 1. The van der Waals surface area contributed by atoms with Gasteiger partial charge in [0.15, 0.2) is 6.10 Å². The number of carboxylic acids is 1. The molecule has 2 unspecified atom stereocenters. The number of esters is 2. The normalized spacial score (nSPS) is 13.7. The molecule has 0 heterocycles. The van der Waals surface area contributed by atoms with Crippen LogP contribution in [0.3, 0.4) is 0 Å². The smallest absolute Gasteiger partial charge is 0.306 e. The van der Waals surface area contributed by atoms with E-state index in [0.29, 0.717) is 12.8 Å². The van der Waals surface area contributed by atoms with E-state index in [1.165, 1.54) is 32.1 Å². The first-order valence-electron chi connectivity index (χ1n) is 21.0. The molecular weight excluding hydrogens is 679 g/mol. The van der Waals surface area contributed by atoms with Crippen LogP contribution in [-0.4, -0.2) is 75.5 Å². The Bertz CT molecular complexity index is 1110. The molecule has 8 heteroatoms. The summed E-state index contributed by atoms with van der Waals surface area (Å²) in [6.07, 6.45) is 44.9. The number of likely N-dealkylation sites (N-methyl/N-ethyl adjacent to an activating group) is 1. The number of carbonyl (C=O) groups is 3. The van der Waals surface area contributed by atoms with Crippen LogP contribution in [0.15, 0.2) is 72.9 Å². The van der Waals surface area contributed by atoms with Gasteiger partial charge in [0.1, 0.15) is 12.6 Å². The maximum absolute atomic E-state index is 12.7. The number of carbonyl (C=O) groups excluding carboxylic acids is 3. The Hall–Kier alpha value is -3.23. The average Bonchev–Trinajstić information content (AvgIpc) is 3.12. The van der Waals surface area contributed by atoms with Crippen molar-refractivity contribution in [3.05, 3.63) is 72.9 Å². The van der Waals surface area contributed by atoms with Crippen LogP contribution in [-0.2, 0) is 28.6 Å². The van der Waals surface area contributed by atoms with Gasteiger partial charge in [-0.3, -0.25) is 9.59 Å². The summed E-state index contributed by atoms with van der Waals surface area (Å²) in [6.45, 7) is 4.49. The Balaban J connectivity index is 4.44. The summed E-state index contributed by atoms with van der Waals surface area (Å²) in [4.78, 5) is 36.8. The van der Waals surface area contributed by atoms with Gasteiger partial charge in [0, 0.05) is 19.3 Å². The molecule has 308 valence electrons. The largest absolute Gasteiger partial charge is 0.544 e. The van der Waals surface area contributed by atoms with Crippen LogP contribution < -0.4 is 5.11 Å². The monoisotopic (exact) mass is 756 g/mol. The van der Waals surface area contributed by atoms with Crippen LogP contribution >= 0.6 is 0 Å². The summed E-state index contributed by atoms with van der Waals surface area (Å²) in [7, 11) is 5.38. The van der Waals surface area contributed by atoms with Gasteiger partial charge in [0.2, 0.25) is 0 Å². The lowest BCUT2D eigenvalue weighted by atomic mass is 10.1. The number of quaternary nitrogens is 1. The summed E-state index contributed by atoms with van der Waals surface area (Å²) >= 11 is 0. The van der Waals surface area contributed by atoms with Gasteiger partial charge >= 0.3 is 11.9 Å². The number of nitrogens with zero attached hydrogens (tertiary/aromatic N) is 1. The van der Waals surface area contributed by atoms with Crippen LogP contribution in [0, 0.1) is 0 Å². The number of rotatable bonds is 36. The first kappa shape index (κ1) is 50.8. The van der Waals surface area contributed by atoms with E-state index in [1.54, 1.807) is 21.1 Å². The zero-order valence-electron chi connectivity index (χ0n) is 34.9. The van der Waals surface area contributed by atoms with Crippen molar-refractivity contribution in [3.8, 4) is 0 Å². The van der Waals surface area contributed by atoms with Gasteiger partial charge in [0.05, 0.1) is 40.3 Å². The number of unbranched alkanes of at least 4 members (excludes halogenated alkanes) is 14. The van der Waals surface area contributed by atoms with Gasteiger partial charge in [-0.05, 0) is 57.8 Å². The molecule has 0 spiro atoms. The average molecular weight is 756 g/mol. The van der Waals surface area contributed by atoms with Crippen molar-refractivity contribution < 1.29 is 38.2 Å². The number of hydrogen-bond donors (Lipinski definition) is 0. The minimum Gasteiger partial charge on any atom is -0.544 e. The second kappa shape index (κ2) is 36.7. The number of hydrogen-bond acceptors (Lipinski definition) is 7. The molecule has 0 aromatic heterocycles. The third-order valence-corrected chi connectivity index (χ3v) is 8.92. The van der Waals surface area contributed by atoms with Gasteiger partial charge in [-0.15, -0.1) is 0 Å². The van der Waals surface area contributed by atoms with E-state index < -0.39 is 18.1 Å². The molecule has 8 nitrogen and oxygen atoms in total. The molecule has 0 aliphatic carbocycles. The van der Waals surface area contributed by atoms with Crippen molar-refractivity contribution in [2.45, 2.75) is 161 Å². The Morgan fingerprint density at radius 3 is 1.57 bits per heavy atom. The Kier molecular flexibility index (Phi) is 34.5. The summed E-state index contributed by atoms with van der Waals surface area (Å²) in [6, 6.07) is -0.734. The molecule has 0 fully saturated rings. The van der Waals surface area contributed by atoms with Gasteiger partial charge in [0.25, 0.3) is 0 Å². The fraction of sp³-hybridized carbons (Fsp3) is 0.674. The van der Waals surface area contributed by atoms with Crippen LogP contribution in [0.5, 0.6) is 0 Å². The quantitative estimate of drug-likeness (QED) is 0.0206. The lowest BCUT2D eigenvalue weighted by molar-refractivity contribution is -0.889. The molecule has 0 saturated carbocycles. The fourth-order valence-corrected chi connectivity index (χ4v) is 5.62. The molecule has 54 heavy (non-hydrogen) atoms. The SMILES string of the molecule is CCC/C=C/C=C/C=C/C=C/C=C/CCCCCCCC(=O)OCC(COCCC(C(=O)[O-])[N+](C)(C)C)OC(=O)CCCCCCC/C=C/CCCCC. The second-order valence-electron chi connectivity index (χ2n) is 15.0. The first-order chi connectivity index (χ1) is 26.1. The summed E-state index contributed by atoms with van der Waals surface area (Å²) in [5, 5.41) is 11.6. The summed E-state index contributed by atoms with van der Waals surface area (Å²) in [5.74, 6) is -1.79. The molecule has 2 atom stereocenters. The lowest BCUT2D eigenvalue weighted by Crippen LogP contribution is -2.55. The molecule has 0 bridgehead atoms. The van der Waals surface area contributed by atoms with Crippen molar-refractivity contribution in [1.82, 2.24) is 0 Å². The van der Waals surface area contributed by atoms with Gasteiger partial charge in [-0.2, -0.15) is 0 Å². The molecule has 0 aliphatic heterocycles. The van der Waals surface area contributed by atoms with Crippen LogP contribution in [0.2, 0.25) is 0 Å². The Morgan fingerprint density at radius 1 is 0.556 bits per heavy atom. The van der Waals surface area contributed by atoms with Crippen molar-refractivity contribution in [1.29, 1.82) is 0 Å². The van der Waals surface area contributed by atoms with Gasteiger partial charge < -0.3 is 28.6 Å². The molecule has 0 aliphatic rings. The second-order valence-corrected chi connectivity index (χ2v) is 15.0. The highest BCUT2D eigenvalue weighted by Gasteiger charge is 2.25. The van der Waals surface area contributed by atoms with Gasteiger partial charge in [-0.1, -0.05) is 145 Å². The predicted molar refractivity (Wildman–Crippen MR) is 222 cm³/mol. The molecule has 0 amide bonds. The fourth-order valence-electron chi connectivity index (χ4n) is 5.62. The highest BCUT2D eigenvalue weighted by Crippen LogP contribution is 2.12. The predicted octanol–water partition coefficient (Wildman–Crippen LogP) is 9.85. The molecule has 0 aromatic rings. The molecule has 0 rings (SSSR count). The van der Waals surface area contributed by atoms with E-state index in [0.717, 1.165) is 83.5 Å². The van der Waals surface area contributed by atoms with E-state index in [-0.39, 0.29) is 42.7 Å². The van der Waals surface area contributed by atoms with Crippen molar-refractivity contribution in [2.75, 3.05) is 41.0 Å². The van der Waals surface area contributed by atoms with Crippen molar-refractivity contribution >= 4 is 17.9 Å². The highest BCUT2D eigenvalue weighted by atomic mass is 16.6. The van der Waals surface area contributed by atoms with E-state index in [1.807, 2.05) is 36.5 Å². The maximum atomic E-state index is 12.7. The van der Waals surface area contributed by atoms with Crippen molar-refractivity contribution in [2.24, 2.45) is 0 Å². The topological polar surface area (TPSA) is 102 Å².